The highest BCUT2D eigenvalue weighted by Gasteiger charge is 2.30. The number of nitrogens with zero attached hydrogens (tertiary/aromatic N) is 3. The zero-order valence-electron chi connectivity index (χ0n) is 10.5. The number of aromatic nitrogens is 3. The maximum absolute atomic E-state index is 6.11. The monoisotopic (exact) mass is 241 g/mol. The van der Waals surface area contributed by atoms with Crippen LogP contribution >= 0.6 is 11.6 Å². The van der Waals surface area contributed by atoms with Gasteiger partial charge in [-0.1, -0.05) is 27.7 Å². The third-order valence-electron chi connectivity index (χ3n) is 3.27. The molecule has 0 saturated heterocycles. The van der Waals surface area contributed by atoms with Crippen molar-refractivity contribution < 1.29 is 0 Å². The SMILES string of the molecule is CC(Cn1c(Cl)nnc1C(C)(C)C)C1CC1. The maximum Gasteiger partial charge on any atom is 0.225 e. The Morgan fingerprint density at radius 1 is 1.38 bits per heavy atom. The lowest BCUT2D eigenvalue weighted by molar-refractivity contribution is 0.399. The van der Waals surface area contributed by atoms with Gasteiger partial charge in [0.1, 0.15) is 5.82 Å². The van der Waals surface area contributed by atoms with E-state index in [0.29, 0.717) is 11.2 Å². The van der Waals surface area contributed by atoms with Crippen LogP contribution in [0.5, 0.6) is 0 Å². The topological polar surface area (TPSA) is 30.7 Å². The van der Waals surface area contributed by atoms with Crippen LogP contribution in [0.4, 0.5) is 0 Å². The van der Waals surface area contributed by atoms with Gasteiger partial charge in [-0.15, -0.1) is 10.2 Å². The Hall–Kier alpha value is -0.570. The van der Waals surface area contributed by atoms with Crippen molar-refractivity contribution in [1.82, 2.24) is 14.8 Å². The van der Waals surface area contributed by atoms with E-state index in [0.717, 1.165) is 18.3 Å². The first-order valence-electron chi connectivity index (χ1n) is 5.99. The summed E-state index contributed by atoms with van der Waals surface area (Å²) in [5.41, 5.74) is 0.00338. The van der Waals surface area contributed by atoms with E-state index in [-0.39, 0.29) is 5.41 Å². The van der Waals surface area contributed by atoms with Gasteiger partial charge in [0, 0.05) is 12.0 Å². The summed E-state index contributed by atoms with van der Waals surface area (Å²) in [6.45, 7) is 9.67. The molecule has 4 heteroatoms. The van der Waals surface area contributed by atoms with E-state index in [1.165, 1.54) is 12.8 Å². The number of hydrogen-bond donors (Lipinski definition) is 0. The van der Waals surface area contributed by atoms with E-state index in [1.807, 2.05) is 0 Å². The van der Waals surface area contributed by atoms with Crippen LogP contribution in [0.1, 0.15) is 46.4 Å². The zero-order chi connectivity index (χ0) is 11.9. The average molecular weight is 242 g/mol. The summed E-state index contributed by atoms with van der Waals surface area (Å²) in [5.74, 6) is 2.55. The molecule has 0 radical (unpaired) electrons. The first kappa shape index (κ1) is 11.9. The predicted octanol–water partition coefficient (Wildman–Crippen LogP) is 3.28. The van der Waals surface area contributed by atoms with Gasteiger partial charge in [-0.25, -0.2) is 0 Å². The molecule has 90 valence electrons. The molecule has 0 N–H and O–H groups in total. The smallest absolute Gasteiger partial charge is 0.225 e. The van der Waals surface area contributed by atoms with Gasteiger partial charge in [-0.2, -0.15) is 0 Å². The molecule has 1 aliphatic rings. The number of halogens is 1. The Labute approximate surface area is 102 Å². The van der Waals surface area contributed by atoms with Crippen LogP contribution in [-0.2, 0) is 12.0 Å². The second kappa shape index (κ2) is 4.02. The largest absolute Gasteiger partial charge is 0.301 e. The van der Waals surface area contributed by atoms with Crippen molar-refractivity contribution >= 4 is 11.6 Å². The van der Waals surface area contributed by atoms with E-state index in [9.17, 15) is 0 Å². The first-order chi connectivity index (χ1) is 7.39. The van der Waals surface area contributed by atoms with Gasteiger partial charge in [-0.05, 0) is 36.3 Å². The highest BCUT2D eigenvalue weighted by molar-refractivity contribution is 6.28. The fraction of sp³-hybridized carbons (Fsp3) is 0.833. The predicted molar refractivity (Wildman–Crippen MR) is 65.6 cm³/mol. The van der Waals surface area contributed by atoms with Gasteiger partial charge in [-0.3, -0.25) is 0 Å². The van der Waals surface area contributed by atoms with Crippen LogP contribution in [0.25, 0.3) is 0 Å². The molecule has 1 aromatic rings. The zero-order valence-corrected chi connectivity index (χ0v) is 11.3. The molecule has 16 heavy (non-hydrogen) atoms. The normalized spacial score (nSPS) is 18.8. The van der Waals surface area contributed by atoms with Gasteiger partial charge in [0.25, 0.3) is 0 Å². The fourth-order valence-corrected chi connectivity index (χ4v) is 2.29. The first-order valence-corrected chi connectivity index (χ1v) is 6.36. The molecule has 1 atom stereocenters. The van der Waals surface area contributed by atoms with Gasteiger partial charge >= 0.3 is 0 Å². The lowest BCUT2D eigenvalue weighted by Gasteiger charge is -2.21. The minimum Gasteiger partial charge on any atom is -0.301 e. The lowest BCUT2D eigenvalue weighted by Crippen LogP contribution is -2.21. The van der Waals surface area contributed by atoms with Crippen LogP contribution in [0.2, 0.25) is 5.28 Å². The van der Waals surface area contributed by atoms with Crippen molar-refractivity contribution in [3.05, 3.63) is 11.1 Å². The van der Waals surface area contributed by atoms with E-state index in [2.05, 4.69) is 42.5 Å². The summed E-state index contributed by atoms with van der Waals surface area (Å²) in [7, 11) is 0. The molecular weight excluding hydrogens is 222 g/mol. The van der Waals surface area contributed by atoms with Crippen molar-refractivity contribution in [2.75, 3.05) is 0 Å². The molecule has 3 nitrogen and oxygen atoms in total. The van der Waals surface area contributed by atoms with Gasteiger partial charge in [0.15, 0.2) is 0 Å². The standard InChI is InChI=1S/C12H20ClN3/c1-8(9-5-6-9)7-16-10(12(2,3)4)14-15-11(16)13/h8-9H,5-7H2,1-4H3. The second-order valence-corrected chi connectivity index (χ2v) is 6.31. The molecule has 0 spiro atoms. The van der Waals surface area contributed by atoms with Crippen molar-refractivity contribution in [2.45, 2.75) is 52.5 Å². The summed E-state index contributed by atoms with van der Waals surface area (Å²) in [6.07, 6.45) is 2.73. The molecule has 2 rings (SSSR count). The van der Waals surface area contributed by atoms with Crippen molar-refractivity contribution in [2.24, 2.45) is 11.8 Å². The Bertz CT molecular complexity index is 374. The van der Waals surface area contributed by atoms with Gasteiger partial charge in [0.2, 0.25) is 5.28 Å². The maximum atomic E-state index is 6.11. The van der Waals surface area contributed by atoms with Crippen LogP contribution in [0, 0.1) is 11.8 Å². The van der Waals surface area contributed by atoms with E-state index in [1.54, 1.807) is 0 Å². The lowest BCUT2D eigenvalue weighted by atomic mass is 9.95. The second-order valence-electron chi connectivity index (χ2n) is 5.97. The quantitative estimate of drug-likeness (QED) is 0.813. The summed E-state index contributed by atoms with van der Waals surface area (Å²) in [5, 5.41) is 8.72. The summed E-state index contributed by atoms with van der Waals surface area (Å²) in [4.78, 5) is 0. The molecule has 1 saturated carbocycles. The van der Waals surface area contributed by atoms with Crippen molar-refractivity contribution in [3.63, 3.8) is 0 Å². The van der Waals surface area contributed by atoms with Crippen LogP contribution in [-0.4, -0.2) is 14.8 Å². The van der Waals surface area contributed by atoms with Gasteiger partial charge in [0.05, 0.1) is 0 Å². The third kappa shape index (κ3) is 2.40. The summed E-state index contributed by atoms with van der Waals surface area (Å²) < 4.78 is 2.07. The molecule has 1 aromatic heterocycles. The van der Waals surface area contributed by atoms with E-state index >= 15 is 0 Å². The summed E-state index contributed by atoms with van der Waals surface area (Å²) in [6, 6.07) is 0. The molecule has 0 bridgehead atoms. The minimum absolute atomic E-state index is 0.00338. The van der Waals surface area contributed by atoms with Crippen LogP contribution in [0.3, 0.4) is 0 Å². The highest BCUT2D eigenvalue weighted by Crippen LogP contribution is 2.38. The van der Waals surface area contributed by atoms with Gasteiger partial charge < -0.3 is 4.57 Å². The molecule has 0 aliphatic heterocycles. The van der Waals surface area contributed by atoms with Crippen molar-refractivity contribution in [3.8, 4) is 0 Å². The Kier molecular flexibility index (Phi) is 2.99. The van der Waals surface area contributed by atoms with Crippen molar-refractivity contribution in [1.29, 1.82) is 0 Å². The molecule has 0 amide bonds. The Balaban J connectivity index is 2.21. The average Bonchev–Trinajstić information content (AvgIpc) is 2.92. The third-order valence-corrected chi connectivity index (χ3v) is 3.55. The number of rotatable bonds is 3. The molecule has 1 unspecified atom stereocenters. The minimum atomic E-state index is 0.00338. The van der Waals surface area contributed by atoms with Crippen LogP contribution in [0.15, 0.2) is 0 Å². The highest BCUT2D eigenvalue weighted by atomic mass is 35.5. The molecule has 1 fully saturated rings. The molecule has 0 aromatic carbocycles. The van der Waals surface area contributed by atoms with E-state index in [4.69, 9.17) is 11.6 Å². The molecule has 1 heterocycles. The number of hydrogen-bond acceptors (Lipinski definition) is 2. The Morgan fingerprint density at radius 3 is 2.50 bits per heavy atom. The fourth-order valence-electron chi connectivity index (χ4n) is 2.10. The van der Waals surface area contributed by atoms with E-state index < -0.39 is 0 Å². The molecule has 1 aliphatic carbocycles. The summed E-state index contributed by atoms with van der Waals surface area (Å²) >= 11 is 6.11. The van der Waals surface area contributed by atoms with Crippen LogP contribution < -0.4 is 0 Å². The molecular formula is C12H20ClN3. The Morgan fingerprint density at radius 2 is 2.00 bits per heavy atom.